The molecule has 0 saturated carbocycles. The Labute approximate surface area is 192 Å². The molecule has 1 aliphatic carbocycles. The predicted molar refractivity (Wildman–Crippen MR) is 125 cm³/mol. The Kier molecular flexibility index (Phi) is 7.58. The molecule has 174 valence electrons. The molecule has 2 N–H and O–H groups in total. The summed E-state index contributed by atoms with van der Waals surface area (Å²) in [5.74, 6) is -0.0296. The van der Waals surface area contributed by atoms with E-state index in [1.807, 2.05) is 13.8 Å². The zero-order chi connectivity index (χ0) is 24.0. The van der Waals surface area contributed by atoms with Crippen LogP contribution in [-0.2, 0) is 11.2 Å². The number of ketones is 2. The molecular formula is C25H29N3O5. The fourth-order valence-corrected chi connectivity index (χ4v) is 4.03. The average molecular weight is 452 g/mol. The third kappa shape index (κ3) is 6.47. The highest BCUT2D eigenvalue weighted by atomic mass is 16.6. The van der Waals surface area contributed by atoms with Crippen molar-refractivity contribution in [3.8, 4) is 0 Å². The van der Waals surface area contributed by atoms with Crippen molar-refractivity contribution in [2.75, 3.05) is 11.9 Å². The van der Waals surface area contributed by atoms with Crippen LogP contribution in [0, 0.1) is 15.5 Å². The van der Waals surface area contributed by atoms with Gasteiger partial charge in [0.15, 0.2) is 11.6 Å². The normalized spacial score (nSPS) is 15.4. The van der Waals surface area contributed by atoms with Gasteiger partial charge in [0, 0.05) is 73.6 Å². The van der Waals surface area contributed by atoms with E-state index in [0.29, 0.717) is 54.6 Å². The molecular weight excluding hydrogens is 422 g/mol. The van der Waals surface area contributed by atoms with Gasteiger partial charge in [-0.2, -0.15) is 0 Å². The van der Waals surface area contributed by atoms with Gasteiger partial charge in [-0.25, -0.2) is 0 Å². The molecule has 0 saturated heterocycles. The molecule has 0 spiro atoms. The van der Waals surface area contributed by atoms with Gasteiger partial charge in [0.1, 0.15) is 0 Å². The monoisotopic (exact) mass is 451 g/mol. The highest BCUT2D eigenvalue weighted by Gasteiger charge is 2.33. The van der Waals surface area contributed by atoms with Crippen molar-refractivity contribution in [2.24, 2.45) is 5.41 Å². The van der Waals surface area contributed by atoms with Crippen LogP contribution in [0.1, 0.15) is 61.9 Å². The maximum atomic E-state index is 12.6. The Bertz CT molecular complexity index is 1080. The van der Waals surface area contributed by atoms with Gasteiger partial charge in [-0.15, -0.1) is 0 Å². The molecule has 8 nitrogen and oxygen atoms in total. The van der Waals surface area contributed by atoms with Crippen LogP contribution >= 0.6 is 0 Å². The average Bonchev–Trinajstić information content (AvgIpc) is 2.76. The fraction of sp³-hybridized carbons (Fsp3) is 0.400. The summed E-state index contributed by atoms with van der Waals surface area (Å²) in [5.41, 5.74) is 1.81. The molecule has 2 aromatic rings. The molecule has 0 fully saturated rings. The minimum Gasteiger partial charge on any atom is -0.512 e. The molecule has 0 aliphatic heterocycles. The summed E-state index contributed by atoms with van der Waals surface area (Å²) >= 11 is 0. The molecule has 3 rings (SSSR count). The van der Waals surface area contributed by atoms with E-state index in [0.717, 1.165) is 6.42 Å². The smallest absolute Gasteiger partial charge is 0.269 e. The highest BCUT2D eigenvalue weighted by molar-refractivity contribution is 5.98. The van der Waals surface area contributed by atoms with Crippen LogP contribution in [0.5, 0.6) is 0 Å². The summed E-state index contributed by atoms with van der Waals surface area (Å²) in [6, 6.07) is 7.97. The van der Waals surface area contributed by atoms with E-state index in [2.05, 4.69) is 10.3 Å². The summed E-state index contributed by atoms with van der Waals surface area (Å²) < 4.78 is 0. The van der Waals surface area contributed by atoms with Crippen LogP contribution in [0.15, 0.2) is 54.1 Å². The number of aliphatic hydroxyl groups excluding tert-OH is 1. The van der Waals surface area contributed by atoms with Crippen molar-refractivity contribution in [2.45, 2.75) is 52.4 Å². The lowest BCUT2D eigenvalue weighted by Gasteiger charge is -2.29. The molecule has 0 radical (unpaired) electrons. The van der Waals surface area contributed by atoms with Crippen LogP contribution in [0.3, 0.4) is 0 Å². The highest BCUT2D eigenvalue weighted by Crippen LogP contribution is 2.37. The number of nitrogens with one attached hydrogen (secondary N) is 1. The summed E-state index contributed by atoms with van der Waals surface area (Å²) in [4.78, 5) is 39.6. The first-order valence-corrected chi connectivity index (χ1v) is 11.0. The molecule has 1 aromatic carbocycles. The number of Topliss-reactive ketones (excluding diaryl/α,β-unsaturated/α-hetero) is 2. The first kappa shape index (κ1) is 24.1. The van der Waals surface area contributed by atoms with Crippen LogP contribution in [0.4, 0.5) is 11.4 Å². The first-order chi connectivity index (χ1) is 15.7. The van der Waals surface area contributed by atoms with Crippen LogP contribution < -0.4 is 5.32 Å². The SMILES string of the molecule is CC1(C)CC(=O)C(Cc2cc([N+](=O)[O-])ccc2NCCCCC(=O)c2cccnc2)=C(O)C1. The largest absolute Gasteiger partial charge is 0.512 e. The van der Waals surface area contributed by atoms with Crippen molar-refractivity contribution in [1.29, 1.82) is 0 Å². The summed E-state index contributed by atoms with van der Waals surface area (Å²) in [5, 5.41) is 25.0. The number of benzene rings is 1. The minimum absolute atomic E-state index is 0.0419. The van der Waals surface area contributed by atoms with Gasteiger partial charge < -0.3 is 10.4 Å². The molecule has 0 unspecified atom stereocenters. The third-order valence-corrected chi connectivity index (χ3v) is 5.77. The van der Waals surface area contributed by atoms with Gasteiger partial charge in [-0.05, 0) is 42.0 Å². The predicted octanol–water partition coefficient (Wildman–Crippen LogP) is 5.20. The third-order valence-electron chi connectivity index (χ3n) is 5.77. The molecule has 0 bridgehead atoms. The Hall–Kier alpha value is -3.55. The molecule has 1 heterocycles. The van der Waals surface area contributed by atoms with E-state index in [9.17, 15) is 24.8 Å². The quantitative estimate of drug-likeness (QED) is 0.220. The Balaban J connectivity index is 1.65. The Morgan fingerprint density at radius 1 is 1.24 bits per heavy atom. The number of anilines is 1. The number of aromatic nitrogens is 1. The lowest BCUT2D eigenvalue weighted by atomic mass is 9.75. The second-order valence-electron chi connectivity index (χ2n) is 9.19. The van der Waals surface area contributed by atoms with Crippen LogP contribution in [0.2, 0.25) is 0 Å². The van der Waals surface area contributed by atoms with Crippen LogP contribution in [-0.4, -0.2) is 33.1 Å². The van der Waals surface area contributed by atoms with E-state index in [1.165, 1.54) is 12.1 Å². The number of pyridine rings is 1. The van der Waals surface area contributed by atoms with Gasteiger partial charge in [-0.1, -0.05) is 13.8 Å². The molecule has 0 atom stereocenters. The van der Waals surface area contributed by atoms with E-state index in [1.54, 1.807) is 30.6 Å². The maximum absolute atomic E-state index is 12.6. The standard InChI is InChI=1S/C25H29N3O5/c1-25(2)14-23(30)20(24(31)15-25)13-18-12-19(28(32)33)8-9-21(18)27-11-4-3-7-22(29)17-6-5-10-26-16-17/h5-6,8-10,12,16,27,30H,3-4,7,11,13-15H2,1-2H3. The number of unbranched alkanes of at least 4 members (excludes halogenated alkanes) is 1. The van der Waals surface area contributed by atoms with Crippen LogP contribution in [0.25, 0.3) is 0 Å². The maximum Gasteiger partial charge on any atom is 0.269 e. The number of aliphatic hydroxyl groups is 1. The summed E-state index contributed by atoms with van der Waals surface area (Å²) in [6.07, 6.45) is 5.86. The summed E-state index contributed by atoms with van der Waals surface area (Å²) in [6.45, 7) is 4.42. The second-order valence-corrected chi connectivity index (χ2v) is 9.19. The number of carbonyl (C=O) groups excluding carboxylic acids is 2. The van der Waals surface area contributed by atoms with Crippen molar-refractivity contribution in [3.63, 3.8) is 0 Å². The fourth-order valence-electron chi connectivity index (χ4n) is 4.03. The van der Waals surface area contributed by atoms with E-state index < -0.39 is 4.92 Å². The topological polar surface area (TPSA) is 122 Å². The Morgan fingerprint density at radius 2 is 2.03 bits per heavy atom. The van der Waals surface area contributed by atoms with Crippen molar-refractivity contribution in [1.82, 2.24) is 4.98 Å². The zero-order valence-corrected chi connectivity index (χ0v) is 19.0. The zero-order valence-electron chi connectivity index (χ0n) is 19.0. The molecule has 33 heavy (non-hydrogen) atoms. The van der Waals surface area contributed by atoms with E-state index >= 15 is 0 Å². The number of nitro benzene ring substituents is 1. The Morgan fingerprint density at radius 3 is 2.70 bits per heavy atom. The van der Waals surface area contributed by atoms with E-state index in [4.69, 9.17) is 0 Å². The van der Waals surface area contributed by atoms with Gasteiger partial charge in [0.05, 0.1) is 10.7 Å². The van der Waals surface area contributed by atoms with Gasteiger partial charge in [0.2, 0.25) is 0 Å². The number of rotatable bonds is 10. The minimum atomic E-state index is -0.475. The number of hydrogen-bond acceptors (Lipinski definition) is 7. The molecule has 1 aromatic heterocycles. The number of carbonyl (C=O) groups is 2. The lowest BCUT2D eigenvalue weighted by Crippen LogP contribution is -2.26. The van der Waals surface area contributed by atoms with Crippen molar-refractivity contribution < 1.29 is 19.6 Å². The van der Waals surface area contributed by atoms with Gasteiger partial charge in [-0.3, -0.25) is 24.7 Å². The lowest BCUT2D eigenvalue weighted by molar-refractivity contribution is -0.384. The van der Waals surface area contributed by atoms with Crippen molar-refractivity contribution >= 4 is 22.9 Å². The number of nitrogens with zero attached hydrogens (tertiary/aromatic N) is 2. The number of non-ortho nitro benzene ring substituents is 1. The van der Waals surface area contributed by atoms with E-state index in [-0.39, 0.29) is 34.8 Å². The van der Waals surface area contributed by atoms with Crippen molar-refractivity contribution in [3.05, 3.63) is 75.3 Å². The number of hydrogen-bond donors (Lipinski definition) is 2. The summed E-state index contributed by atoms with van der Waals surface area (Å²) in [7, 11) is 0. The first-order valence-electron chi connectivity index (χ1n) is 11.0. The molecule has 1 aliphatic rings. The number of allylic oxidation sites excluding steroid dienone is 2. The van der Waals surface area contributed by atoms with Gasteiger partial charge >= 0.3 is 0 Å². The molecule has 8 heteroatoms. The second kappa shape index (κ2) is 10.4. The number of nitro groups is 1. The van der Waals surface area contributed by atoms with Gasteiger partial charge in [0.25, 0.3) is 5.69 Å². The molecule has 0 amide bonds.